The van der Waals surface area contributed by atoms with Gasteiger partial charge in [0.05, 0.1) is 22.4 Å². The van der Waals surface area contributed by atoms with E-state index in [0.29, 0.717) is 10.8 Å². The summed E-state index contributed by atoms with van der Waals surface area (Å²) in [7, 11) is 0. The molecule has 3 rings (SSSR count). The summed E-state index contributed by atoms with van der Waals surface area (Å²) >= 11 is 10.7. The van der Waals surface area contributed by atoms with Gasteiger partial charge >= 0.3 is 0 Å². The lowest BCUT2D eigenvalue weighted by Gasteiger charge is -2.08. The van der Waals surface area contributed by atoms with Gasteiger partial charge in [-0.15, -0.1) is 0 Å². The van der Waals surface area contributed by atoms with Crippen LogP contribution in [0.3, 0.4) is 0 Å². The van der Waals surface area contributed by atoms with Gasteiger partial charge in [0.1, 0.15) is 21.5 Å². The minimum absolute atomic E-state index is 0.594. The van der Waals surface area contributed by atoms with Crippen molar-refractivity contribution in [2.24, 2.45) is 0 Å². The minimum atomic E-state index is 0.594. The van der Waals surface area contributed by atoms with E-state index in [9.17, 15) is 0 Å². The predicted molar refractivity (Wildman–Crippen MR) is 77.6 cm³/mol. The van der Waals surface area contributed by atoms with E-state index in [2.05, 4.69) is 35.0 Å². The summed E-state index contributed by atoms with van der Waals surface area (Å²) < 4.78 is 9.18. The van der Waals surface area contributed by atoms with Crippen LogP contribution in [0.2, 0.25) is 5.02 Å². The number of aromatic nitrogens is 3. The first-order valence-corrected chi connectivity index (χ1v) is 6.94. The number of nitrogens with one attached hydrogen (secondary N) is 1. The second-order valence-corrected chi connectivity index (χ2v) is 5.27. The Morgan fingerprint density at radius 2 is 2.06 bits per heavy atom. The molecular weight excluding hydrogens is 336 g/mol. The van der Waals surface area contributed by atoms with Gasteiger partial charge < -0.3 is 5.32 Å². The molecule has 0 aliphatic heterocycles. The van der Waals surface area contributed by atoms with Crippen LogP contribution >= 0.6 is 39.3 Å². The van der Waals surface area contributed by atoms with Crippen LogP contribution in [0.15, 0.2) is 34.9 Å². The molecule has 0 saturated heterocycles. The van der Waals surface area contributed by atoms with Crippen molar-refractivity contribution >= 4 is 61.8 Å². The van der Waals surface area contributed by atoms with Crippen molar-refractivity contribution in [3.63, 3.8) is 0 Å². The lowest BCUT2D eigenvalue weighted by Crippen LogP contribution is -1.95. The highest BCUT2D eigenvalue weighted by Gasteiger charge is 2.10. The maximum atomic E-state index is 6.18. The lowest BCUT2D eigenvalue weighted by molar-refractivity contribution is 1.27. The number of hydrogen-bond acceptors (Lipinski definition) is 5. The Kier molecular flexibility index (Phi) is 3.15. The van der Waals surface area contributed by atoms with Gasteiger partial charge in [0, 0.05) is 0 Å². The van der Waals surface area contributed by atoms with E-state index in [1.165, 1.54) is 0 Å². The Morgan fingerprint density at radius 3 is 2.89 bits per heavy atom. The highest BCUT2D eigenvalue weighted by molar-refractivity contribution is 9.10. The van der Waals surface area contributed by atoms with Gasteiger partial charge in [-0.05, 0) is 40.2 Å². The fourth-order valence-electron chi connectivity index (χ4n) is 1.55. The van der Waals surface area contributed by atoms with Crippen LogP contribution in [0.1, 0.15) is 0 Å². The van der Waals surface area contributed by atoms with Crippen molar-refractivity contribution in [3.8, 4) is 0 Å². The molecule has 0 radical (unpaired) electrons. The van der Waals surface area contributed by atoms with Gasteiger partial charge in [0.15, 0.2) is 0 Å². The minimum Gasteiger partial charge on any atom is -0.337 e. The molecule has 0 unspecified atom stereocenters. The summed E-state index contributed by atoms with van der Waals surface area (Å²) in [5.74, 6) is 0.701. The molecule has 1 N–H and O–H groups in total. The van der Waals surface area contributed by atoms with Crippen LogP contribution in [0, 0.1) is 0 Å². The van der Waals surface area contributed by atoms with E-state index in [1.807, 2.05) is 24.3 Å². The maximum Gasteiger partial charge on any atom is 0.131 e. The second kappa shape index (κ2) is 4.79. The number of benzene rings is 1. The second-order valence-electron chi connectivity index (χ2n) is 3.52. The fourth-order valence-corrected chi connectivity index (χ4v) is 2.64. The zero-order valence-corrected chi connectivity index (χ0v) is 12.1. The molecular formula is C11H6BrClN4S. The third kappa shape index (κ3) is 2.19. The van der Waals surface area contributed by atoms with Crippen LogP contribution in [-0.4, -0.2) is 13.7 Å². The molecule has 0 saturated carbocycles. The molecule has 0 atom stereocenters. The third-order valence-corrected chi connectivity index (χ3v) is 3.64. The smallest absolute Gasteiger partial charge is 0.131 e. The van der Waals surface area contributed by atoms with Crippen LogP contribution in [0.5, 0.6) is 0 Å². The molecule has 0 fully saturated rings. The molecule has 4 nitrogen and oxygen atoms in total. The van der Waals surface area contributed by atoms with Crippen molar-refractivity contribution < 1.29 is 0 Å². The first kappa shape index (κ1) is 11.8. The first-order chi connectivity index (χ1) is 8.74. The molecule has 0 amide bonds. The van der Waals surface area contributed by atoms with E-state index >= 15 is 0 Å². The molecule has 3 aromatic rings. The molecule has 0 bridgehead atoms. The van der Waals surface area contributed by atoms with E-state index in [-0.39, 0.29) is 0 Å². The van der Waals surface area contributed by atoms with Crippen LogP contribution in [0.25, 0.3) is 11.0 Å². The Labute approximate surface area is 120 Å². The molecule has 18 heavy (non-hydrogen) atoms. The number of fused-ring (bicyclic) bond motifs is 1. The topological polar surface area (TPSA) is 50.7 Å². The molecule has 90 valence electrons. The number of nitrogens with zero attached hydrogens (tertiary/aromatic N) is 3. The van der Waals surface area contributed by atoms with Gasteiger partial charge in [-0.25, -0.2) is 4.98 Å². The maximum absolute atomic E-state index is 6.18. The van der Waals surface area contributed by atoms with Crippen molar-refractivity contribution in [2.75, 3.05) is 5.32 Å². The van der Waals surface area contributed by atoms with Gasteiger partial charge in [0.25, 0.3) is 0 Å². The van der Waals surface area contributed by atoms with Crippen molar-refractivity contribution in [3.05, 3.63) is 40.0 Å². The summed E-state index contributed by atoms with van der Waals surface area (Å²) in [6, 6.07) is 9.26. The van der Waals surface area contributed by atoms with Crippen LogP contribution in [0.4, 0.5) is 11.5 Å². The van der Waals surface area contributed by atoms with Crippen LogP contribution < -0.4 is 5.32 Å². The predicted octanol–water partition coefficient (Wildman–Crippen LogP) is 4.25. The highest BCUT2D eigenvalue weighted by Crippen LogP contribution is 2.32. The molecule has 0 aliphatic carbocycles. The Bertz CT molecular complexity index is 715. The SMILES string of the molecule is Clc1ccc2nsnc2c1Nc1cccc(Br)n1. The number of rotatable bonds is 2. The first-order valence-electron chi connectivity index (χ1n) is 5.04. The monoisotopic (exact) mass is 340 g/mol. The standard InChI is InChI=1S/C11H6BrClN4S/c12-8-2-1-3-9(14-8)15-10-6(13)4-5-7-11(10)17-18-16-7/h1-5H,(H,14,15). The van der Waals surface area contributed by atoms with E-state index in [1.54, 1.807) is 6.07 Å². The normalized spacial score (nSPS) is 10.8. The Hall–Kier alpha value is -1.24. The summed E-state index contributed by atoms with van der Waals surface area (Å²) in [5.41, 5.74) is 2.31. The summed E-state index contributed by atoms with van der Waals surface area (Å²) in [4.78, 5) is 4.30. The molecule has 2 heterocycles. The van der Waals surface area contributed by atoms with Crippen molar-refractivity contribution in [1.29, 1.82) is 0 Å². The van der Waals surface area contributed by atoms with Crippen molar-refractivity contribution in [1.82, 2.24) is 13.7 Å². The molecule has 0 aliphatic rings. The molecule has 0 spiro atoms. The molecule has 1 aromatic carbocycles. The van der Waals surface area contributed by atoms with Crippen molar-refractivity contribution in [2.45, 2.75) is 0 Å². The molecule has 2 aromatic heterocycles. The number of hydrogen-bond donors (Lipinski definition) is 1. The van der Waals surface area contributed by atoms with E-state index in [4.69, 9.17) is 11.6 Å². The van der Waals surface area contributed by atoms with Crippen LogP contribution in [-0.2, 0) is 0 Å². The Balaban J connectivity index is 2.09. The quantitative estimate of drug-likeness (QED) is 0.708. The third-order valence-electron chi connectivity index (χ3n) is 2.35. The van der Waals surface area contributed by atoms with E-state index < -0.39 is 0 Å². The van der Waals surface area contributed by atoms with Gasteiger partial charge in [-0.3, -0.25) is 0 Å². The number of anilines is 2. The largest absolute Gasteiger partial charge is 0.337 e. The number of pyridine rings is 1. The van der Waals surface area contributed by atoms with Gasteiger partial charge in [0.2, 0.25) is 0 Å². The summed E-state index contributed by atoms with van der Waals surface area (Å²) in [5, 5.41) is 3.77. The van der Waals surface area contributed by atoms with Gasteiger partial charge in [-0.2, -0.15) is 8.75 Å². The lowest BCUT2D eigenvalue weighted by atomic mass is 10.2. The molecule has 7 heteroatoms. The highest BCUT2D eigenvalue weighted by atomic mass is 79.9. The average Bonchev–Trinajstić information content (AvgIpc) is 2.81. The fraction of sp³-hybridized carbons (Fsp3) is 0. The Morgan fingerprint density at radius 1 is 1.17 bits per heavy atom. The number of halogens is 2. The van der Waals surface area contributed by atoms with Gasteiger partial charge in [-0.1, -0.05) is 17.7 Å². The zero-order valence-electron chi connectivity index (χ0n) is 8.89. The summed E-state index contributed by atoms with van der Waals surface area (Å²) in [6.07, 6.45) is 0. The zero-order chi connectivity index (χ0) is 12.5. The average molecular weight is 342 g/mol. The van der Waals surface area contributed by atoms with E-state index in [0.717, 1.165) is 33.1 Å². The summed E-state index contributed by atoms with van der Waals surface area (Å²) in [6.45, 7) is 0.